The molecule has 1 aromatic carbocycles. The summed E-state index contributed by atoms with van der Waals surface area (Å²) in [6.07, 6.45) is 13.7. The van der Waals surface area contributed by atoms with Crippen LogP contribution >= 0.6 is 0 Å². The maximum absolute atomic E-state index is 13.6. The first-order valence-corrected chi connectivity index (χ1v) is 13.5. The molecule has 1 aromatic heterocycles. The van der Waals surface area contributed by atoms with Crippen molar-refractivity contribution < 1.29 is 4.79 Å². The summed E-state index contributed by atoms with van der Waals surface area (Å²) in [6.45, 7) is 1.51. The zero-order valence-corrected chi connectivity index (χ0v) is 20.3. The van der Waals surface area contributed by atoms with E-state index >= 15 is 0 Å². The molecule has 4 aliphatic rings. The summed E-state index contributed by atoms with van der Waals surface area (Å²) >= 11 is 0. The lowest BCUT2D eigenvalue weighted by molar-refractivity contribution is -0.117. The highest BCUT2D eigenvalue weighted by Crippen LogP contribution is 2.47. The van der Waals surface area contributed by atoms with Crippen LogP contribution in [0.4, 0.5) is 0 Å². The average molecular weight is 464 g/mol. The van der Waals surface area contributed by atoms with Crippen LogP contribution in [0, 0.1) is 11.8 Å². The quantitative estimate of drug-likeness (QED) is 0.679. The van der Waals surface area contributed by atoms with Gasteiger partial charge in [-0.3, -0.25) is 23.6 Å². The van der Waals surface area contributed by atoms with E-state index in [1.807, 2.05) is 12.1 Å². The predicted octanol–water partition coefficient (Wildman–Crippen LogP) is 4.28. The summed E-state index contributed by atoms with van der Waals surface area (Å²) < 4.78 is 3.03. The Morgan fingerprint density at radius 3 is 2.15 bits per heavy atom. The number of carbonyl (C=O) groups is 1. The molecule has 6 atom stereocenters. The van der Waals surface area contributed by atoms with E-state index in [1.54, 1.807) is 12.1 Å². The van der Waals surface area contributed by atoms with Crippen LogP contribution < -0.4 is 11.2 Å². The lowest BCUT2D eigenvalue weighted by Crippen LogP contribution is -2.59. The number of nitrogens with zero attached hydrogens (tertiary/aromatic N) is 3. The van der Waals surface area contributed by atoms with Crippen LogP contribution in [0.25, 0.3) is 10.9 Å². The second-order valence-corrected chi connectivity index (χ2v) is 11.6. The van der Waals surface area contributed by atoms with Crippen molar-refractivity contribution in [3.8, 4) is 0 Å². The van der Waals surface area contributed by atoms with Crippen LogP contribution in [0.15, 0.2) is 33.9 Å². The summed E-state index contributed by atoms with van der Waals surface area (Å²) in [4.78, 5) is 42.0. The van der Waals surface area contributed by atoms with Gasteiger partial charge < -0.3 is 0 Å². The van der Waals surface area contributed by atoms with Gasteiger partial charge >= 0.3 is 5.69 Å². The second kappa shape index (κ2) is 8.78. The third-order valence-corrected chi connectivity index (χ3v) is 9.36. The molecule has 2 aliphatic heterocycles. The van der Waals surface area contributed by atoms with Crippen molar-refractivity contribution in [2.24, 2.45) is 11.8 Å². The maximum Gasteiger partial charge on any atom is 0.332 e. The highest BCUT2D eigenvalue weighted by molar-refractivity contribution is 5.81. The van der Waals surface area contributed by atoms with Crippen LogP contribution in [0.3, 0.4) is 0 Å². The number of rotatable bonds is 4. The third-order valence-electron chi connectivity index (χ3n) is 9.36. The number of benzene rings is 1. The third kappa shape index (κ3) is 3.78. The first-order chi connectivity index (χ1) is 16.5. The van der Waals surface area contributed by atoms with E-state index < -0.39 is 0 Å². The second-order valence-electron chi connectivity index (χ2n) is 11.6. The molecule has 0 radical (unpaired) electrons. The molecule has 2 saturated heterocycles. The smallest absolute Gasteiger partial charge is 0.298 e. The molecule has 182 valence electrons. The molecule has 6 heteroatoms. The van der Waals surface area contributed by atoms with Crippen LogP contribution in [0.5, 0.6) is 0 Å². The molecule has 2 aromatic rings. The highest BCUT2D eigenvalue weighted by atomic mass is 16.2. The SMILES string of the molecule is CC(=O)Cn1c(=O)n([C@H]2C[C@H]3CCC[C@@H](C2)N3[C@H]2C[C@@H]3CCC[C@@H](C3)C2)c(=O)c2ccccc21. The summed E-state index contributed by atoms with van der Waals surface area (Å²) in [5, 5.41) is 0.538. The molecule has 0 spiro atoms. The fourth-order valence-corrected chi connectivity index (χ4v) is 8.17. The van der Waals surface area contributed by atoms with E-state index in [1.165, 1.54) is 73.8 Å². The van der Waals surface area contributed by atoms with Crippen molar-refractivity contribution in [2.45, 2.75) is 108 Å². The van der Waals surface area contributed by atoms with Crippen molar-refractivity contribution in [2.75, 3.05) is 0 Å². The molecular weight excluding hydrogens is 426 g/mol. The Kier molecular flexibility index (Phi) is 5.75. The summed E-state index contributed by atoms with van der Waals surface area (Å²) in [7, 11) is 0. The van der Waals surface area contributed by atoms with E-state index in [0.717, 1.165) is 24.7 Å². The normalized spacial score (nSPS) is 33.7. The van der Waals surface area contributed by atoms with Crippen molar-refractivity contribution in [3.05, 3.63) is 45.1 Å². The molecule has 0 unspecified atom stereocenters. The minimum absolute atomic E-state index is 0.0101. The Morgan fingerprint density at radius 2 is 1.47 bits per heavy atom. The number of Topliss-reactive ketones (excluding diaryl/α,β-unsaturated/α-hetero) is 1. The fourth-order valence-electron chi connectivity index (χ4n) is 8.17. The van der Waals surface area contributed by atoms with E-state index in [2.05, 4.69) is 4.90 Å². The molecule has 2 saturated carbocycles. The molecular formula is C28H37N3O3. The number of piperidine rings is 2. The van der Waals surface area contributed by atoms with E-state index in [9.17, 15) is 14.4 Å². The number of carbonyl (C=O) groups excluding carboxylic acids is 1. The van der Waals surface area contributed by atoms with Gasteiger partial charge in [0, 0.05) is 24.2 Å². The van der Waals surface area contributed by atoms with Crippen molar-refractivity contribution in [3.63, 3.8) is 0 Å². The Bertz CT molecular complexity index is 1190. The fraction of sp³-hybridized carbons (Fsp3) is 0.679. The zero-order chi connectivity index (χ0) is 23.4. The van der Waals surface area contributed by atoms with E-state index in [4.69, 9.17) is 0 Å². The largest absolute Gasteiger partial charge is 0.332 e. The Labute approximate surface area is 200 Å². The van der Waals surface area contributed by atoms with Gasteiger partial charge in [0.15, 0.2) is 0 Å². The van der Waals surface area contributed by atoms with Gasteiger partial charge in [-0.15, -0.1) is 0 Å². The van der Waals surface area contributed by atoms with Gasteiger partial charge in [0.25, 0.3) is 5.56 Å². The van der Waals surface area contributed by atoms with Crippen LogP contribution in [-0.4, -0.2) is 37.9 Å². The van der Waals surface area contributed by atoms with Gasteiger partial charge in [0.1, 0.15) is 5.78 Å². The summed E-state index contributed by atoms with van der Waals surface area (Å²) in [5.41, 5.74) is 0.0575. The average Bonchev–Trinajstić information content (AvgIpc) is 2.81. The number of para-hydroxylation sites is 1. The monoisotopic (exact) mass is 463 g/mol. The molecule has 6 nitrogen and oxygen atoms in total. The van der Waals surface area contributed by atoms with Gasteiger partial charge in [0.05, 0.1) is 17.4 Å². The molecule has 2 aliphatic carbocycles. The Hall–Kier alpha value is -2.21. The van der Waals surface area contributed by atoms with E-state index in [0.29, 0.717) is 29.0 Å². The topological polar surface area (TPSA) is 64.3 Å². The zero-order valence-electron chi connectivity index (χ0n) is 20.3. The predicted molar refractivity (Wildman–Crippen MR) is 133 cm³/mol. The summed E-state index contributed by atoms with van der Waals surface area (Å²) in [6, 6.07) is 8.75. The van der Waals surface area contributed by atoms with Gasteiger partial charge in [-0.1, -0.05) is 37.8 Å². The standard InChI is InChI=1S/C28H37N3O3/c1-18(32)17-29-26-11-3-2-10-25(26)27(33)31(28(29)34)24-15-21-8-5-9-22(16-24)30(21)23-13-19-6-4-7-20(12-19)14-23/h2-3,10-11,19-24H,4-9,12-17H2,1H3/t19-,20+,21-,22+,23+,24+. The minimum Gasteiger partial charge on any atom is -0.298 e. The number of aromatic nitrogens is 2. The van der Waals surface area contributed by atoms with Gasteiger partial charge in [-0.25, -0.2) is 4.79 Å². The Morgan fingerprint density at radius 1 is 0.824 bits per heavy atom. The van der Waals surface area contributed by atoms with Gasteiger partial charge in [-0.2, -0.15) is 0 Å². The molecule has 0 N–H and O–H groups in total. The van der Waals surface area contributed by atoms with E-state index in [-0.39, 0.29) is 29.6 Å². The first kappa shape index (κ1) is 22.3. The molecule has 4 fully saturated rings. The number of hydrogen-bond donors (Lipinski definition) is 0. The molecule has 6 rings (SSSR count). The van der Waals surface area contributed by atoms with Crippen molar-refractivity contribution >= 4 is 16.7 Å². The lowest BCUT2D eigenvalue weighted by Gasteiger charge is -2.55. The van der Waals surface area contributed by atoms with Crippen molar-refractivity contribution in [1.82, 2.24) is 14.0 Å². The number of ketones is 1. The number of hydrogen-bond acceptors (Lipinski definition) is 4. The summed E-state index contributed by atoms with van der Waals surface area (Å²) in [5.74, 6) is 1.72. The van der Waals surface area contributed by atoms with Crippen LogP contribution in [0.2, 0.25) is 0 Å². The minimum atomic E-state index is -0.317. The molecule has 4 bridgehead atoms. The molecule has 0 amide bonds. The van der Waals surface area contributed by atoms with Crippen LogP contribution in [0.1, 0.15) is 83.6 Å². The maximum atomic E-state index is 13.6. The van der Waals surface area contributed by atoms with Gasteiger partial charge in [0.2, 0.25) is 0 Å². The lowest BCUT2D eigenvalue weighted by atomic mass is 9.68. The van der Waals surface area contributed by atoms with Crippen molar-refractivity contribution in [1.29, 1.82) is 0 Å². The number of fused-ring (bicyclic) bond motifs is 5. The first-order valence-electron chi connectivity index (χ1n) is 13.5. The Balaban J connectivity index is 1.35. The molecule has 3 heterocycles. The molecule has 34 heavy (non-hydrogen) atoms. The highest BCUT2D eigenvalue weighted by Gasteiger charge is 2.45. The van der Waals surface area contributed by atoms with Gasteiger partial charge in [-0.05, 0) is 75.8 Å². The van der Waals surface area contributed by atoms with Crippen LogP contribution in [-0.2, 0) is 11.3 Å².